The molecule has 38 heavy (non-hydrogen) atoms. The first kappa shape index (κ1) is 26.2. The molecule has 1 aromatic heterocycles. The second-order valence-electron chi connectivity index (χ2n) is 9.72. The number of phenolic OH excluding ortho intramolecular Hbond substituents is 1. The number of halogens is 2. The normalized spacial score (nSPS) is 23.1. The van der Waals surface area contributed by atoms with Crippen LogP contribution in [0, 0.1) is 5.82 Å². The van der Waals surface area contributed by atoms with E-state index in [4.69, 9.17) is 21.1 Å². The smallest absolute Gasteiger partial charge is 0.261 e. The van der Waals surface area contributed by atoms with Gasteiger partial charge < -0.3 is 29.7 Å². The number of nitrogens with one attached hydrogen (secondary N) is 1. The lowest BCUT2D eigenvalue weighted by atomic mass is 9.92. The zero-order valence-corrected chi connectivity index (χ0v) is 21.8. The van der Waals surface area contributed by atoms with Crippen LogP contribution in [0.3, 0.4) is 0 Å². The molecule has 3 heterocycles. The van der Waals surface area contributed by atoms with Crippen molar-refractivity contribution in [2.45, 2.75) is 43.9 Å². The Hall–Kier alpha value is -3.37. The summed E-state index contributed by atoms with van der Waals surface area (Å²) in [4.78, 5) is 34.1. The molecule has 1 aromatic carbocycles. The molecule has 3 atom stereocenters. The van der Waals surface area contributed by atoms with E-state index >= 15 is 0 Å². The number of methoxy groups -OCH3 is 1. The number of rotatable bonds is 5. The van der Waals surface area contributed by atoms with Gasteiger partial charge in [0.05, 0.1) is 23.8 Å². The van der Waals surface area contributed by atoms with Gasteiger partial charge in [-0.3, -0.25) is 9.59 Å². The first-order valence-corrected chi connectivity index (χ1v) is 13.1. The zero-order valence-electron chi connectivity index (χ0n) is 21.1. The Balaban J connectivity index is 1.62. The molecule has 2 fully saturated rings. The fraction of sp³-hybridized carbons (Fsp3) is 0.444. The summed E-state index contributed by atoms with van der Waals surface area (Å²) in [6, 6.07) is 3.34. The summed E-state index contributed by atoms with van der Waals surface area (Å²) in [5, 5.41) is 13.8. The number of benzene rings is 1. The third kappa shape index (κ3) is 4.67. The third-order valence-corrected chi connectivity index (χ3v) is 7.87. The fourth-order valence-corrected chi connectivity index (χ4v) is 5.82. The van der Waals surface area contributed by atoms with Crippen molar-refractivity contribution in [2.24, 2.45) is 0 Å². The Kier molecular flexibility index (Phi) is 7.45. The summed E-state index contributed by atoms with van der Waals surface area (Å²) in [6.45, 7) is 4.53. The van der Waals surface area contributed by atoms with Gasteiger partial charge >= 0.3 is 0 Å². The van der Waals surface area contributed by atoms with E-state index in [1.807, 2.05) is 0 Å². The predicted molar refractivity (Wildman–Crippen MR) is 140 cm³/mol. The molecule has 202 valence electrons. The zero-order chi connectivity index (χ0) is 27.0. The van der Waals surface area contributed by atoms with Crippen molar-refractivity contribution in [3.05, 3.63) is 47.3 Å². The van der Waals surface area contributed by atoms with Gasteiger partial charge in [-0.1, -0.05) is 37.1 Å². The first-order chi connectivity index (χ1) is 18.3. The van der Waals surface area contributed by atoms with Crippen LogP contribution in [-0.4, -0.2) is 83.2 Å². The molecule has 2 aliphatic heterocycles. The number of anilines is 1. The minimum Gasteiger partial charge on any atom is -0.507 e. The number of piperazine rings is 1. The number of ether oxygens (including phenoxy) is 2. The van der Waals surface area contributed by atoms with Crippen LogP contribution in [0.2, 0.25) is 5.02 Å². The van der Waals surface area contributed by atoms with E-state index in [1.165, 1.54) is 24.3 Å². The maximum Gasteiger partial charge on any atom is 0.261 e. The summed E-state index contributed by atoms with van der Waals surface area (Å²) >= 11 is 6.75. The monoisotopic (exact) mass is 544 g/mol. The topological polar surface area (TPSA) is 104 Å². The molecular formula is C27H30ClFN4O5. The van der Waals surface area contributed by atoms with Gasteiger partial charge in [0.15, 0.2) is 5.75 Å². The third-order valence-electron chi connectivity index (χ3n) is 7.51. The SMILES string of the molecule is C=CC(=O)N1CCN2C(=O)c3c(NC4CCCCC4OC)nc(-c4c(O)cccc4F)c(Cl)c3OC[C@H]2C1. The number of nitrogens with zero attached hydrogens (tertiary/aromatic N) is 3. The van der Waals surface area contributed by atoms with Crippen LogP contribution in [0.1, 0.15) is 36.0 Å². The number of carbonyl (C=O) groups excluding carboxylic acids is 2. The van der Waals surface area contributed by atoms with E-state index in [1.54, 1.807) is 16.9 Å². The van der Waals surface area contributed by atoms with Crippen molar-refractivity contribution in [3.63, 3.8) is 0 Å². The number of aromatic hydroxyl groups is 1. The molecule has 2 aromatic rings. The second kappa shape index (κ2) is 10.8. The minimum atomic E-state index is -0.714. The highest BCUT2D eigenvalue weighted by Gasteiger charge is 2.40. The highest BCUT2D eigenvalue weighted by molar-refractivity contribution is 6.35. The van der Waals surface area contributed by atoms with Crippen LogP contribution in [0.15, 0.2) is 30.9 Å². The van der Waals surface area contributed by atoms with Crippen molar-refractivity contribution in [1.82, 2.24) is 14.8 Å². The number of aromatic nitrogens is 1. The fourth-order valence-electron chi connectivity index (χ4n) is 5.53. The van der Waals surface area contributed by atoms with Crippen molar-refractivity contribution >= 4 is 29.2 Å². The Morgan fingerprint density at radius 3 is 2.84 bits per heavy atom. The summed E-state index contributed by atoms with van der Waals surface area (Å²) in [7, 11) is 1.65. The Labute approximate surface area is 225 Å². The summed E-state index contributed by atoms with van der Waals surface area (Å²) in [5.74, 6) is -1.37. The molecular weight excluding hydrogens is 515 g/mol. The lowest BCUT2D eigenvalue weighted by molar-refractivity contribution is -0.128. The van der Waals surface area contributed by atoms with Crippen molar-refractivity contribution < 1.29 is 28.6 Å². The van der Waals surface area contributed by atoms with E-state index in [-0.39, 0.29) is 76.3 Å². The Bertz CT molecular complexity index is 1250. The van der Waals surface area contributed by atoms with Gasteiger partial charge in [0.25, 0.3) is 5.91 Å². The van der Waals surface area contributed by atoms with Gasteiger partial charge in [0, 0.05) is 26.7 Å². The molecule has 1 aliphatic carbocycles. The average molecular weight is 545 g/mol. The van der Waals surface area contributed by atoms with Crippen LogP contribution >= 0.6 is 11.6 Å². The summed E-state index contributed by atoms with van der Waals surface area (Å²) in [6.07, 6.45) is 4.77. The van der Waals surface area contributed by atoms with E-state index in [2.05, 4.69) is 16.9 Å². The lowest BCUT2D eigenvalue weighted by Gasteiger charge is -2.39. The standard InChI is InChI=1S/C27H30ClFN4O5/c1-3-20(35)32-11-12-33-15(13-32)14-38-25-22(27(33)36)26(30-17-8-4-5-10-19(17)37-2)31-24(23(25)28)21-16(29)7-6-9-18(21)34/h3,6-7,9,15,17,19,34H,1,4-5,8,10-14H2,2H3,(H,30,31)/t15-,17?,19?/m1/s1. The molecule has 5 rings (SSSR count). The highest BCUT2D eigenvalue weighted by Crippen LogP contribution is 2.45. The van der Waals surface area contributed by atoms with E-state index in [9.17, 15) is 19.1 Å². The van der Waals surface area contributed by atoms with Crippen LogP contribution < -0.4 is 10.1 Å². The predicted octanol–water partition coefficient (Wildman–Crippen LogP) is 3.85. The quantitative estimate of drug-likeness (QED) is 0.551. The van der Waals surface area contributed by atoms with Gasteiger partial charge in [0.1, 0.15) is 40.3 Å². The summed E-state index contributed by atoms with van der Waals surface area (Å²) < 4.78 is 26.8. The van der Waals surface area contributed by atoms with Crippen LogP contribution in [-0.2, 0) is 9.53 Å². The number of pyridine rings is 1. The van der Waals surface area contributed by atoms with Gasteiger partial charge in [0.2, 0.25) is 5.91 Å². The minimum absolute atomic E-state index is 0.0376. The first-order valence-electron chi connectivity index (χ1n) is 12.7. The molecule has 3 aliphatic rings. The number of phenols is 1. The molecule has 0 radical (unpaired) electrons. The van der Waals surface area contributed by atoms with Gasteiger partial charge in [-0.2, -0.15) is 0 Å². The van der Waals surface area contributed by atoms with Crippen LogP contribution in [0.4, 0.5) is 10.2 Å². The molecule has 2 amide bonds. The van der Waals surface area contributed by atoms with Crippen molar-refractivity contribution in [3.8, 4) is 22.8 Å². The van der Waals surface area contributed by atoms with Crippen molar-refractivity contribution in [2.75, 3.05) is 38.7 Å². The maximum atomic E-state index is 14.9. The molecule has 2 unspecified atom stereocenters. The van der Waals surface area contributed by atoms with Gasteiger partial charge in [-0.15, -0.1) is 0 Å². The van der Waals surface area contributed by atoms with Crippen LogP contribution in [0.25, 0.3) is 11.3 Å². The van der Waals surface area contributed by atoms with Crippen molar-refractivity contribution in [1.29, 1.82) is 0 Å². The Morgan fingerprint density at radius 1 is 1.32 bits per heavy atom. The number of amides is 2. The molecule has 1 saturated heterocycles. The van der Waals surface area contributed by atoms with Gasteiger partial charge in [-0.25, -0.2) is 9.37 Å². The Morgan fingerprint density at radius 2 is 2.11 bits per heavy atom. The largest absolute Gasteiger partial charge is 0.507 e. The number of fused-ring (bicyclic) bond motifs is 2. The average Bonchev–Trinajstić information content (AvgIpc) is 3.07. The van der Waals surface area contributed by atoms with E-state index in [0.717, 1.165) is 25.7 Å². The molecule has 0 bridgehead atoms. The second-order valence-corrected chi connectivity index (χ2v) is 10.1. The van der Waals surface area contributed by atoms with Crippen LogP contribution in [0.5, 0.6) is 11.5 Å². The lowest BCUT2D eigenvalue weighted by Crippen LogP contribution is -2.57. The van der Waals surface area contributed by atoms with Gasteiger partial charge in [-0.05, 0) is 31.1 Å². The summed E-state index contributed by atoms with van der Waals surface area (Å²) in [5.41, 5.74) is -0.0820. The maximum absolute atomic E-state index is 14.9. The molecule has 1 saturated carbocycles. The number of carbonyl (C=O) groups is 2. The van der Waals surface area contributed by atoms with E-state index in [0.29, 0.717) is 13.1 Å². The number of hydrogen-bond donors (Lipinski definition) is 2. The molecule has 11 heteroatoms. The number of hydrogen-bond acceptors (Lipinski definition) is 7. The molecule has 9 nitrogen and oxygen atoms in total. The highest BCUT2D eigenvalue weighted by atomic mass is 35.5. The molecule has 2 N–H and O–H groups in total. The molecule has 0 spiro atoms. The van der Waals surface area contributed by atoms with E-state index < -0.39 is 11.9 Å².